The molecule has 180 valence electrons. The minimum absolute atomic E-state index is 0.00588. The standard InChI is InChI=1S/C27H29N5O2S/c33-25(19-32-24-16-8-7-15-23(24)29-30-32)31(18-22-14-9-17-35-22)26(20-10-3-1-4-11-20)27(34)28-21-12-5-2-6-13-21/h1,3-4,7-11,14-17,21,26H,2,5-6,12-13,18-19H2,(H,28,34)/t26-/m1/s1. The predicted octanol–water partition coefficient (Wildman–Crippen LogP) is 4.71. The third kappa shape index (κ3) is 5.43. The van der Waals surface area contributed by atoms with Crippen LogP contribution in [0.25, 0.3) is 11.0 Å². The number of aromatic nitrogens is 3. The molecule has 0 radical (unpaired) electrons. The van der Waals surface area contributed by atoms with E-state index in [-0.39, 0.29) is 24.4 Å². The van der Waals surface area contributed by atoms with Crippen molar-refractivity contribution in [3.05, 3.63) is 82.6 Å². The van der Waals surface area contributed by atoms with E-state index in [1.54, 1.807) is 20.9 Å². The number of thiophene rings is 1. The van der Waals surface area contributed by atoms with Crippen molar-refractivity contribution in [3.63, 3.8) is 0 Å². The Morgan fingerprint density at radius 1 is 1.00 bits per heavy atom. The molecule has 7 nitrogen and oxygen atoms in total. The normalized spacial score (nSPS) is 15.1. The van der Waals surface area contributed by atoms with Gasteiger partial charge in [-0.2, -0.15) is 0 Å². The Bertz CT molecular complexity index is 1270. The molecule has 4 aromatic rings. The quantitative estimate of drug-likeness (QED) is 0.390. The molecule has 5 rings (SSSR count). The van der Waals surface area contributed by atoms with Crippen molar-refractivity contribution in [1.82, 2.24) is 25.2 Å². The molecule has 1 aliphatic carbocycles. The van der Waals surface area contributed by atoms with Crippen LogP contribution in [0.5, 0.6) is 0 Å². The summed E-state index contributed by atoms with van der Waals surface area (Å²) < 4.78 is 1.61. The number of benzene rings is 2. The van der Waals surface area contributed by atoms with Gasteiger partial charge in [0.15, 0.2) is 0 Å². The van der Waals surface area contributed by atoms with E-state index in [1.807, 2.05) is 72.1 Å². The highest BCUT2D eigenvalue weighted by atomic mass is 32.1. The molecular formula is C27H29N5O2S. The maximum Gasteiger partial charge on any atom is 0.247 e. The molecule has 1 N–H and O–H groups in total. The summed E-state index contributed by atoms with van der Waals surface area (Å²) in [5.74, 6) is -0.307. The number of nitrogens with one attached hydrogen (secondary N) is 1. The lowest BCUT2D eigenvalue weighted by molar-refractivity contribution is -0.142. The van der Waals surface area contributed by atoms with Crippen LogP contribution >= 0.6 is 11.3 Å². The van der Waals surface area contributed by atoms with Gasteiger partial charge in [-0.1, -0.05) is 73.0 Å². The summed E-state index contributed by atoms with van der Waals surface area (Å²) >= 11 is 1.58. The largest absolute Gasteiger partial charge is 0.351 e. The molecular weight excluding hydrogens is 458 g/mol. The van der Waals surface area contributed by atoms with E-state index >= 15 is 0 Å². The molecule has 0 bridgehead atoms. The lowest BCUT2D eigenvalue weighted by Crippen LogP contribution is -2.47. The van der Waals surface area contributed by atoms with E-state index in [0.717, 1.165) is 47.2 Å². The van der Waals surface area contributed by atoms with Crippen LogP contribution in [0.2, 0.25) is 0 Å². The summed E-state index contributed by atoms with van der Waals surface area (Å²) in [4.78, 5) is 30.3. The van der Waals surface area contributed by atoms with Crippen LogP contribution in [0.1, 0.15) is 48.6 Å². The third-order valence-corrected chi connectivity index (χ3v) is 7.42. The number of fused-ring (bicyclic) bond motifs is 1. The molecule has 35 heavy (non-hydrogen) atoms. The Hall–Kier alpha value is -3.52. The number of carbonyl (C=O) groups excluding carboxylic acids is 2. The highest BCUT2D eigenvalue weighted by Crippen LogP contribution is 2.27. The van der Waals surface area contributed by atoms with Crippen molar-refractivity contribution in [1.29, 1.82) is 0 Å². The lowest BCUT2D eigenvalue weighted by atomic mass is 9.94. The number of hydrogen-bond donors (Lipinski definition) is 1. The molecule has 1 aliphatic rings. The van der Waals surface area contributed by atoms with E-state index < -0.39 is 6.04 Å². The SMILES string of the molecule is O=C(NC1CCCCC1)[C@@H](c1ccccc1)N(Cc1cccs1)C(=O)Cn1nnc2ccccc21. The van der Waals surface area contributed by atoms with Gasteiger partial charge in [0.1, 0.15) is 18.1 Å². The van der Waals surface area contributed by atoms with E-state index in [0.29, 0.717) is 6.54 Å². The lowest BCUT2D eigenvalue weighted by Gasteiger charge is -2.33. The average molecular weight is 488 g/mol. The van der Waals surface area contributed by atoms with Crippen molar-refractivity contribution in [3.8, 4) is 0 Å². The number of hydrogen-bond acceptors (Lipinski definition) is 5. The summed E-state index contributed by atoms with van der Waals surface area (Å²) in [5.41, 5.74) is 2.33. The Morgan fingerprint density at radius 2 is 1.77 bits per heavy atom. The minimum atomic E-state index is -0.734. The van der Waals surface area contributed by atoms with Crippen LogP contribution in [0.3, 0.4) is 0 Å². The number of para-hydroxylation sites is 1. The van der Waals surface area contributed by atoms with Gasteiger partial charge in [-0.25, -0.2) is 4.68 Å². The maximum atomic E-state index is 13.9. The van der Waals surface area contributed by atoms with E-state index in [1.165, 1.54) is 6.42 Å². The Kier molecular flexibility index (Phi) is 7.18. The zero-order chi connectivity index (χ0) is 24.0. The minimum Gasteiger partial charge on any atom is -0.351 e. The molecule has 1 fully saturated rings. The number of amides is 2. The molecule has 2 aromatic heterocycles. The molecule has 0 aliphatic heterocycles. The van der Waals surface area contributed by atoms with Gasteiger partial charge in [-0.05, 0) is 42.0 Å². The molecule has 0 unspecified atom stereocenters. The van der Waals surface area contributed by atoms with Crippen LogP contribution in [-0.2, 0) is 22.7 Å². The van der Waals surface area contributed by atoms with Gasteiger partial charge in [0.2, 0.25) is 11.8 Å². The van der Waals surface area contributed by atoms with E-state index in [4.69, 9.17) is 0 Å². The van der Waals surface area contributed by atoms with Gasteiger partial charge in [-0.3, -0.25) is 9.59 Å². The van der Waals surface area contributed by atoms with Gasteiger partial charge in [-0.15, -0.1) is 16.4 Å². The highest BCUT2D eigenvalue weighted by Gasteiger charge is 2.33. The fraction of sp³-hybridized carbons (Fsp3) is 0.333. The van der Waals surface area contributed by atoms with Crippen molar-refractivity contribution >= 4 is 34.2 Å². The smallest absolute Gasteiger partial charge is 0.247 e. The number of nitrogens with zero attached hydrogens (tertiary/aromatic N) is 4. The molecule has 1 atom stereocenters. The zero-order valence-electron chi connectivity index (χ0n) is 19.5. The monoisotopic (exact) mass is 487 g/mol. The van der Waals surface area contributed by atoms with Crippen LogP contribution in [0, 0.1) is 0 Å². The summed E-state index contributed by atoms with van der Waals surface area (Å²) in [5, 5.41) is 13.6. The second kappa shape index (κ2) is 10.8. The van der Waals surface area contributed by atoms with E-state index in [9.17, 15) is 9.59 Å². The molecule has 2 aromatic carbocycles. The Balaban J connectivity index is 1.48. The summed E-state index contributed by atoms with van der Waals surface area (Å²) in [6.45, 7) is 0.354. The number of rotatable bonds is 8. The summed E-state index contributed by atoms with van der Waals surface area (Å²) in [6.07, 6.45) is 5.42. The third-order valence-electron chi connectivity index (χ3n) is 6.56. The van der Waals surface area contributed by atoms with Crippen LogP contribution < -0.4 is 5.32 Å². The molecule has 1 saturated carbocycles. The fourth-order valence-corrected chi connectivity index (χ4v) is 5.48. The first-order chi connectivity index (χ1) is 17.2. The average Bonchev–Trinajstić information content (AvgIpc) is 3.55. The second-order valence-corrected chi connectivity index (χ2v) is 10.0. The number of carbonyl (C=O) groups is 2. The topological polar surface area (TPSA) is 80.1 Å². The Morgan fingerprint density at radius 3 is 2.54 bits per heavy atom. The molecule has 8 heteroatoms. The van der Waals surface area contributed by atoms with Crippen LogP contribution in [-0.4, -0.2) is 37.7 Å². The van der Waals surface area contributed by atoms with Crippen molar-refractivity contribution in [2.75, 3.05) is 0 Å². The highest BCUT2D eigenvalue weighted by molar-refractivity contribution is 7.09. The zero-order valence-corrected chi connectivity index (χ0v) is 20.4. The molecule has 2 amide bonds. The maximum absolute atomic E-state index is 13.9. The van der Waals surface area contributed by atoms with Crippen molar-refractivity contribution < 1.29 is 9.59 Å². The van der Waals surface area contributed by atoms with E-state index in [2.05, 4.69) is 15.6 Å². The second-order valence-electron chi connectivity index (χ2n) is 8.99. The first-order valence-electron chi connectivity index (χ1n) is 12.1. The van der Waals surface area contributed by atoms with Crippen molar-refractivity contribution in [2.45, 2.75) is 57.3 Å². The van der Waals surface area contributed by atoms with Gasteiger partial charge in [0, 0.05) is 10.9 Å². The molecule has 0 saturated heterocycles. The first kappa shape index (κ1) is 23.2. The first-order valence-corrected chi connectivity index (χ1v) is 13.0. The summed E-state index contributed by atoms with van der Waals surface area (Å²) in [6, 6.07) is 20.5. The van der Waals surface area contributed by atoms with Gasteiger partial charge >= 0.3 is 0 Å². The van der Waals surface area contributed by atoms with Gasteiger partial charge in [0.25, 0.3) is 0 Å². The molecule has 2 heterocycles. The van der Waals surface area contributed by atoms with Crippen LogP contribution in [0.15, 0.2) is 72.1 Å². The predicted molar refractivity (Wildman–Crippen MR) is 137 cm³/mol. The van der Waals surface area contributed by atoms with Crippen molar-refractivity contribution in [2.24, 2.45) is 0 Å². The van der Waals surface area contributed by atoms with Gasteiger partial charge in [0.05, 0.1) is 12.1 Å². The summed E-state index contributed by atoms with van der Waals surface area (Å²) in [7, 11) is 0. The van der Waals surface area contributed by atoms with Crippen LogP contribution in [0.4, 0.5) is 0 Å². The van der Waals surface area contributed by atoms with Gasteiger partial charge < -0.3 is 10.2 Å². The molecule has 0 spiro atoms. The fourth-order valence-electron chi connectivity index (χ4n) is 4.78. The Labute approximate surface area is 208 Å².